The molecule has 40 heavy (non-hydrogen) atoms. The van der Waals surface area contributed by atoms with Crippen molar-refractivity contribution in [2.45, 2.75) is 25.4 Å². The highest BCUT2D eigenvalue weighted by molar-refractivity contribution is 6.30. The number of benzene rings is 2. The molecule has 3 aromatic heterocycles. The number of nitrogens with two attached hydrogens (primary N) is 1. The lowest BCUT2D eigenvalue weighted by atomic mass is 9.99. The first-order valence-corrected chi connectivity index (χ1v) is 13.5. The van der Waals surface area contributed by atoms with Crippen molar-refractivity contribution in [3.63, 3.8) is 0 Å². The van der Waals surface area contributed by atoms with E-state index in [-0.39, 0.29) is 24.4 Å². The van der Waals surface area contributed by atoms with Crippen LogP contribution in [0.15, 0.2) is 67.1 Å². The molecule has 1 aliphatic rings. The zero-order valence-electron chi connectivity index (χ0n) is 22.1. The van der Waals surface area contributed by atoms with Crippen LogP contribution < -0.4 is 21.3 Å². The Balaban J connectivity index is 0.00000323. The summed E-state index contributed by atoms with van der Waals surface area (Å²) in [7, 11) is 1.62. The summed E-state index contributed by atoms with van der Waals surface area (Å²) in [5, 5.41) is 8.93. The van der Waals surface area contributed by atoms with Crippen LogP contribution in [0.1, 0.15) is 28.8 Å². The minimum Gasteiger partial charge on any atom is -0.378 e. The number of pyridine rings is 2. The number of hydrogen-bond donors (Lipinski definition) is 4. The van der Waals surface area contributed by atoms with E-state index in [9.17, 15) is 4.79 Å². The molecule has 5 aromatic rings. The van der Waals surface area contributed by atoms with Crippen LogP contribution in [0.5, 0.6) is 0 Å². The molecule has 0 radical (unpaired) electrons. The zero-order valence-corrected chi connectivity index (χ0v) is 23.6. The van der Waals surface area contributed by atoms with E-state index in [1.807, 2.05) is 42.7 Å². The van der Waals surface area contributed by atoms with Crippen LogP contribution >= 0.6 is 24.0 Å². The highest BCUT2D eigenvalue weighted by atomic mass is 35.5. The Morgan fingerprint density at radius 3 is 2.83 bits per heavy atom. The van der Waals surface area contributed by atoms with E-state index in [1.54, 1.807) is 13.2 Å². The fourth-order valence-electron chi connectivity index (χ4n) is 5.38. The highest BCUT2D eigenvalue weighted by Crippen LogP contribution is 2.38. The van der Waals surface area contributed by atoms with Gasteiger partial charge in [0.15, 0.2) is 0 Å². The molecule has 1 aliphatic heterocycles. The highest BCUT2D eigenvalue weighted by Gasteiger charge is 2.23. The lowest BCUT2D eigenvalue weighted by molar-refractivity contribution is 0.0963. The van der Waals surface area contributed by atoms with E-state index in [4.69, 9.17) is 22.3 Å². The van der Waals surface area contributed by atoms with E-state index >= 15 is 0 Å². The van der Waals surface area contributed by atoms with Gasteiger partial charge >= 0.3 is 0 Å². The molecule has 4 heterocycles. The Morgan fingerprint density at radius 1 is 1.15 bits per heavy atom. The largest absolute Gasteiger partial charge is 0.378 e. The summed E-state index contributed by atoms with van der Waals surface area (Å²) in [6, 6.07) is 16.1. The first-order valence-electron chi connectivity index (χ1n) is 13.1. The maximum atomic E-state index is 12.3. The lowest BCUT2D eigenvalue weighted by Crippen LogP contribution is -2.43. The van der Waals surface area contributed by atoms with E-state index in [1.165, 1.54) is 0 Å². The van der Waals surface area contributed by atoms with Crippen molar-refractivity contribution < 1.29 is 4.79 Å². The average Bonchev–Trinajstić information content (AvgIpc) is 3.38. The van der Waals surface area contributed by atoms with Crippen molar-refractivity contribution in [1.29, 1.82) is 0 Å². The number of carbonyl (C=O) groups excluding carboxylic acids is 1. The number of H-pyrrole nitrogens is 1. The van der Waals surface area contributed by atoms with Crippen LogP contribution in [0.25, 0.3) is 33.1 Å². The predicted molar refractivity (Wildman–Crippen MR) is 166 cm³/mol. The molecule has 1 fully saturated rings. The molecule has 1 saturated heterocycles. The number of aromatic nitrogens is 3. The lowest BCUT2D eigenvalue weighted by Gasteiger charge is -2.34. The summed E-state index contributed by atoms with van der Waals surface area (Å²) in [5.41, 5.74) is 13.7. The number of halogens is 2. The van der Waals surface area contributed by atoms with Crippen LogP contribution in [0.4, 0.5) is 11.4 Å². The third-order valence-corrected chi connectivity index (χ3v) is 7.55. The summed E-state index contributed by atoms with van der Waals surface area (Å²) in [4.78, 5) is 27.2. The number of nitrogens with zero attached hydrogens (tertiary/aromatic N) is 3. The normalized spacial score (nSPS) is 15.2. The molecule has 8 nitrogen and oxygen atoms in total. The Hall–Kier alpha value is -3.85. The van der Waals surface area contributed by atoms with Gasteiger partial charge in [0.2, 0.25) is 0 Å². The van der Waals surface area contributed by atoms with E-state index < -0.39 is 0 Å². The van der Waals surface area contributed by atoms with Gasteiger partial charge in [0.05, 0.1) is 28.7 Å². The number of nitrogens with one attached hydrogen (secondary N) is 3. The molecule has 2 aromatic carbocycles. The molecule has 206 valence electrons. The fourth-order valence-corrected chi connectivity index (χ4v) is 5.60. The van der Waals surface area contributed by atoms with Gasteiger partial charge in [-0.15, -0.1) is 12.4 Å². The molecule has 0 saturated carbocycles. The first kappa shape index (κ1) is 27.7. The Bertz CT molecular complexity index is 1690. The molecule has 10 heteroatoms. The average molecular weight is 577 g/mol. The second-order valence-corrected chi connectivity index (χ2v) is 10.4. The van der Waals surface area contributed by atoms with Crippen LogP contribution in [-0.2, 0) is 6.54 Å². The van der Waals surface area contributed by atoms with Crippen LogP contribution in [-0.4, -0.2) is 47.0 Å². The van der Waals surface area contributed by atoms with Crippen molar-refractivity contribution in [2.24, 2.45) is 5.73 Å². The van der Waals surface area contributed by atoms with E-state index in [0.717, 1.165) is 75.9 Å². The Kier molecular flexibility index (Phi) is 8.12. The van der Waals surface area contributed by atoms with E-state index in [2.05, 4.69) is 43.7 Å². The summed E-state index contributed by atoms with van der Waals surface area (Å²) in [6.07, 6.45) is 7.49. The van der Waals surface area contributed by atoms with Gasteiger partial charge in [-0.2, -0.15) is 0 Å². The van der Waals surface area contributed by atoms with Crippen LogP contribution in [0.3, 0.4) is 0 Å². The Labute approximate surface area is 243 Å². The van der Waals surface area contributed by atoms with Crippen molar-refractivity contribution in [1.82, 2.24) is 20.3 Å². The minimum atomic E-state index is -0.168. The van der Waals surface area contributed by atoms with Gasteiger partial charge in [-0.25, -0.2) is 4.98 Å². The quantitative estimate of drug-likeness (QED) is 0.205. The second kappa shape index (κ2) is 11.7. The van der Waals surface area contributed by atoms with Gasteiger partial charge in [-0.3, -0.25) is 9.78 Å². The molecule has 1 amide bonds. The summed E-state index contributed by atoms with van der Waals surface area (Å²) in [5.74, 6) is -0.168. The number of fused-ring (bicyclic) bond motifs is 2. The molecule has 0 aliphatic carbocycles. The molecule has 0 spiro atoms. The molecular weight excluding hydrogens is 545 g/mol. The van der Waals surface area contributed by atoms with Gasteiger partial charge in [0.1, 0.15) is 5.65 Å². The molecule has 6 rings (SSSR count). The van der Waals surface area contributed by atoms with Crippen LogP contribution in [0.2, 0.25) is 5.02 Å². The summed E-state index contributed by atoms with van der Waals surface area (Å²) in [6.45, 7) is 2.33. The van der Waals surface area contributed by atoms with Gasteiger partial charge in [-0.05, 0) is 54.3 Å². The van der Waals surface area contributed by atoms with Crippen molar-refractivity contribution in [2.75, 3.05) is 30.4 Å². The summed E-state index contributed by atoms with van der Waals surface area (Å²) >= 11 is 6.23. The number of carbonyl (C=O) groups is 1. The molecule has 1 atom stereocenters. The SMILES string of the molecule is CNC(=O)c1cnc2[nH]cc(-c3ccc4ncc(NCc5cccc(Cl)c5)c(N5CCCC(N)C5)c4c3)c2c1.Cl. The molecule has 5 N–H and O–H groups in total. The molecule has 0 bridgehead atoms. The van der Waals surface area contributed by atoms with Gasteiger partial charge in [0.25, 0.3) is 5.91 Å². The van der Waals surface area contributed by atoms with E-state index in [0.29, 0.717) is 17.1 Å². The smallest absolute Gasteiger partial charge is 0.252 e. The fraction of sp³-hybridized carbons (Fsp3) is 0.233. The number of amides is 1. The van der Waals surface area contributed by atoms with Crippen molar-refractivity contribution in [3.8, 4) is 11.1 Å². The number of aromatic amines is 1. The maximum absolute atomic E-state index is 12.3. The van der Waals surface area contributed by atoms with Gasteiger partial charge in [0, 0.05) is 66.5 Å². The number of rotatable bonds is 6. The number of hydrogen-bond acceptors (Lipinski definition) is 6. The summed E-state index contributed by atoms with van der Waals surface area (Å²) < 4.78 is 0. The van der Waals surface area contributed by atoms with Gasteiger partial charge < -0.3 is 26.3 Å². The first-order chi connectivity index (χ1) is 19.0. The Morgan fingerprint density at radius 2 is 2.02 bits per heavy atom. The number of piperidine rings is 1. The third-order valence-electron chi connectivity index (χ3n) is 7.32. The van der Waals surface area contributed by atoms with Crippen molar-refractivity contribution >= 4 is 63.2 Å². The van der Waals surface area contributed by atoms with Crippen molar-refractivity contribution in [3.05, 3.63) is 83.3 Å². The molecular formula is C30H31Cl2N7O. The zero-order chi connectivity index (χ0) is 26.9. The standard InChI is InChI=1S/C30H30ClN7O.ClH/c1-33-30(39)20-12-23-25(15-37-29(23)36-14-20)19-7-8-26-24(11-19)28(38-9-3-6-22(32)17-38)27(16-35-26)34-13-18-4-2-5-21(31)10-18;/h2,4-5,7-8,10-12,14-16,22,34H,3,6,9,13,17,32H2,1H3,(H,33,39)(H,36,37);1H. The monoisotopic (exact) mass is 575 g/mol. The number of anilines is 2. The predicted octanol–water partition coefficient (Wildman–Crippen LogP) is 5.75. The van der Waals surface area contributed by atoms with Gasteiger partial charge in [-0.1, -0.05) is 29.8 Å². The minimum absolute atomic E-state index is 0. The topological polar surface area (TPSA) is 112 Å². The van der Waals surface area contributed by atoms with Crippen LogP contribution in [0, 0.1) is 0 Å². The second-order valence-electron chi connectivity index (χ2n) is 9.99. The molecule has 1 unspecified atom stereocenters. The third kappa shape index (κ3) is 5.43. The maximum Gasteiger partial charge on any atom is 0.252 e.